The van der Waals surface area contributed by atoms with Gasteiger partial charge in [-0.15, -0.1) is 0 Å². The molecule has 1 radical (unpaired) electrons. The van der Waals surface area contributed by atoms with Gasteiger partial charge in [0.15, 0.2) is 7.28 Å². The Morgan fingerprint density at radius 2 is 0.974 bits per heavy atom. The molecule has 0 fully saturated rings. The monoisotopic (exact) mass is 981 g/mol. The van der Waals surface area contributed by atoms with E-state index >= 15 is 0 Å². The normalized spacial score (nSPS) is 18.3. The van der Waals surface area contributed by atoms with Crippen LogP contribution < -0.4 is 95.4 Å². The van der Waals surface area contributed by atoms with Crippen LogP contribution in [0.3, 0.4) is 0 Å². The quantitative estimate of drug-likeness (QED) is 0.135. The number of hydrogen-bond acceptors (Lipinski definition) is 6. The Balaban J connectivity index is 0.978. The van der Waals surface area contributed by atoms with Gasteiger partial charge in [-0.1, -0.05) is 133 Å². The molecule has 0 saturated carbocycles. The molecule has 12 heterocycles. The van der Waals surface area contributed by atoms with Gasteiger partial charge in [-0.2, -0.15) is 0 Å². The van der Waals surface area contributed by atoms with Crippen molar-refractivity contribution in [2.24, 2.45) is 0 Å². The molecule has 78 heavy (non-hydrogen) atoms. The fraction of sp³-hybridized carbons (Fsp3) is 0.0909. The van der Waals surface area contributed by atoms with Crippen LogP contribution in [0, 0.1) is 0 Å². The van der Waals surface area contributed by atoms with Crippen molar-refractivity contribution in [3.05, 3.63) is 169 Å². The van der Waals surface area contributed by atoms with E-state index in [4.69, 9.17) is 0 Å². The number of nitrogens with zero attached hydrogens (tertiary/aromatic N) is 5. The highest BCUT2D eigenvalue weighted by atomic mass is 15.2. The third-order valence-corrected chi connectivity index (χ3v) is 21.9. The summed E-state index contributed by atoms with van der Waals surface area (Å²) in [5.41, 5.74) is 39.0. The van der Waals surface area contributed by atoms with E-state index in [0.717, 1.165) is 32.3 Å². The van der Waals surface area contributed by atoms with E-state index in [2.05, 4.69) is 201 Å². The first kappa shape index (κ1) is 38.9. The number of hydrogen-bond donors (Lipinski definition) is 1. The largest absolute Gasteiger partial charge is 0.384 e. The van der Waals surface area contributed by atoms with E-state index in [1.165, 1.54) is 166 Å². The van der Waals surface area contributed by atoms with E-state index in [-0.39, 0.29) is 33.6 Å². The fourth-order valence-electron chi connectivity index (χ4n) is 19.6. The van der Waals surface area contributed by atoms with Gasteiger partial charge >= 0.3 is 0 Å². The van der Waals surface area contributed by atoms with Gasteiger partial charge in [0, 0.05) is 115 Å². The average Bonchev–Trinajstić information content (AvgIpc) is 1.02. The lowest BCUT2D eigenvalue weighted by Gasteiger charge is -2.55. The summed E-state index contributed by atoms with van der Waals surface area (Å²) >= 11 is 0. The van der Waals surface area contributed by atoms with Crippen molar-refractivity contribution < 1.29 is 0 Å². The van der Waals surface area contributed by atoms with E-state index in [0.29, 0.717) is 5.82 Å². The van der Waals surface area contributed by atoms with Crippen LogP contribution in [0.25, 0.3) is 43.4 Å². The zero-order valence-corrected chi connectivity index (χ0v) is 42.4. The van der Waals surface area contributed by atoms with Gasteiger partial charge in [-0.05, 0) is 131 Å². The van der Waals surface area contributed by atoms with Crippen LogP contribution in [0.15, 0.2) is 164 Å². The zero-order valence-electron chi connectivity index (χ0n) is 42.4. The van der Waals surface area contributed by atoms with Crippen molar-refractivity contribution in [1.82, 2.24) is 0 Å². The Hall–Kier alpha value is -8.61. The second-order valence-electron chi connectivity index (χ2n) is 24.6. The third-order valence-electron chi connectivity index (χ3n) is 21.9. The van der Waals surface area contributed by atoms with Crippen LogP contribution in [-0.4, -0.2) is 73.2 Å². The second-order valence-corrected chi connectivity index (χ2v) is 24.6. The summed E-state index contributed by atoms with van der Waals surface area (Å²) < 4.78 is 0. The first-order valence-corrected chi connectivity index (χ1v) is 28.7. The Labute approximate surface area is 452 Å². The molecule has 23 rings (SSSR count). The number of nitrogens with one attached hydrogen (secondary N) is 1. The topological polar surface area (TPSA) is 28.2 Å². The Morgan fingerprint density at radius 3 is 1.76 bits per heavy atom. The van der Waals surface area contributed by atoms with Crippen LogP contribution in [0.5, 0.6) is 0 Å². The first-order chi connectivity index (χ1) is 38.8. The van der Waals surface area contributed by atoms with Crippen molar-refractivity contribution in [3.63, 3.8) is 0 Å². The smallest absolute Gasteiger partial charge is 0.252 e. The Morgan fingerprint density at radius 1 is 0.410 bits per heavy atom. The molecule has 0 aromatic heterocycles. The summed E-state index contributed by atoms with van der Waals surface area (Å²) in [5.74, 6) is 0.291. The number of anilines is 12. The van der Waals surface area contributed by atoms with Crippen molar-refractivity contribution in [1.29, 1.82) is 0 Å². The maximum Gasteiger partial charge on any atom is 0.252 e. The van der Waals surface area contributed by atoms with Gasteiger partial charge in [0.1, 0.15) is 0 Å². The molecular weight excluding hydrogens is 942 g/mol. The van der Waals surface area contributed by atoms with Crippen molar-refractivity contribution in [2.75, 3.05) is 62.1 Å². The molecule has 1 N–H and O–H groups in total. The minimum atomic E-state index is 0.112. The molecule has 11 aromatic rings. The van der Waals surface area contributed by atoms with Gasteiger partial charge in [0.2, 0.25) is 26.9 Å². The Kier molecular flexibility index (Phi) is 6.25. The molecule has 12 aliphatic heterocycles. The van der Waals surface area contributed by atoms with Gasteiger partial charge in [0.25, 0.3) is 6.71 Å². The van der Waals surface area contributed by atoms with Crippen LogP contribution in [0.1, 0.15) is 11.4 Å². The van der Waals surface area contributed by atoms with Gasteiger partial charge < -0.3 is 29.8 Å². The highest BCUT2D eigenvalue weighted by Crippen LogP contribution is 2.57. The Bertz CT molecular complexity index is 4920. The molecule has 6 nitrogen and oxygen atoms in total. The van der Waals surface area contributed by atoms with Gasteiger partial charge in [0.05, 0.1) is 5.69 Å². The molecule has 0 spiro atoms. The minimum absolute atomic E-state index is 0.112. The molecule has 1 atom stereocenters. The maximum absolute atomic E-state index is 4.48. The SMILES string of the molecule is [B]1CN2c3ccccc3B3c4ccccc4N4c5ccccc5B5CN6CB7c8ccccc8N8CB9c%10ccccc%10N%10CC%11B%12c%13c(cccc%13-c%13ccccc%13%11)Nc%11c%12c%10c9c9c8c7c7c6c6c5c4c3c2c6c1c7c%119. The van der Waals surface area contributed by atoms with E-state index < -0.39 is 0 Å². The van der Waals surface area contributed by atoms with Crippen LogP contribution in [0.4, 0.5) is 68.2 Å². The lowest BCUT2D eigenvalue weighted by Crippen LogP contribution is -2.71. The fourth-order valence-corrected chi connectivity index (χ4v) is 19.6. The molecule has 0 amide bonds. The molecule has 0 saturated heterocycles. The van der Waals surface area contributed by atoms with Crippen molar-refractivity contribution in [3.8, 4) is 11.1 Å². The summed E-state index contributed by atoms with van der Waals surface area (Å²) in [5, 5.41) is 13.4. The summed E-state index contributed by atoms with van der Waals surface area (Å²) in [6, 6.07) is 64.0. The molecule has 0 bridgehead atoms. The van der Waals surface area contributed by atoms with E-state index in [1.54, 1.807) is 16.4 Å². The number of para-hydroxylation sites is 5. The second kappa shape index (κ2) is 12.5. The van der Waals surface area contributed by atoms with Crippen LogP contribution in [0.2, 0.25) is 0 Å². The lowest BCUT2D eigenvalue weighted by molar-refractivity contribution is 0.860. The average molecular weight is 981 g/mol. The first-order valence-electron chi connectivity index (χ1n) is 28.7. The summed E-state index contributed by atoms with van der Waals surface area (Å²) in [6.45, 7) is 1.92. The standard InChI is InChI=1S/C66H39B6N6/c1-2-15-34-33(14-1)35-16-13-22-42-55(35)72-41(34)28-75-43-23-8-3-17-36(43)70-32-77-44-24-9-4-18-37(44)68-30-74-31-69-38-19-5-11-26-46(38)78-47-27-12-7-21-40(47)71-39-20-6-10-25-45(39)76-29-67-54-48-49-52(57(70)65(75)59(72)61(49)73-42)64(77)56(68)51(48)62(74)53-50(54)63(76)60(71)66(78)58(53)69/h1-27,41,73H,28-32H2. The lowest BCUT2D eigenvalue weighted by atomic mass is 9.25. The predicted molar refractivity (Wildman–Crippen MR) is 334 cm³/mol. The number of fused-ring (bicyclic) bond motifs is 21. The molecule has 0 aliphatic carbocycles. The number of rotatable bonds is 0. The molecule has 351 valence electrons. The molecule has 12 aliphatic rings. The van der Waals surface area contributed by atoms with Gasteiger partial charge in [-0.3, -0.25) is 0 Å². The highest BCUT2D eigenvalue weighted by Gasteiger charge is 2.58. The molecule has 1 unspecified atom stereocenters. The highest BCUT2D eigenvalue weighted by molar-refractivity contribution is 7.04. The van der Waals surface area contributed by atoms with Crippen molar-refractivity contribution >= 4 is 207 Å². The van der Waals surface area contributed by atoms with Crippen LogP contribution >= 0.6 is 0 Å². The zero-order chi connectivity index (χ0) is 49.4. The molecule has 12 heteroatoms. The van der Waals surface area contributed by atoms with Gasteiger partial charge in [-0.25, -0.2) is 0 Å². The van der Waals surface area contributed by atoms with E-state index in [1.807, 2.05) is 0 Å². The molecule has 11 aromatic carbocycles. The summed E-state index contributed by atoms with van der Waals surface area (Å²) in [6.07, 6.45) is 3.64. The molecular formula is C66H39B6N6. The van der Waals surface area contributed by atoms with Crippen LogP contribution in [-0.2, 0) is 0 Å². The summed E-state index contributed by atoms with van der Waals surface area (Å²) in [4.78, 5) is 14.1. The minimum Gasteiger partial charge on any atom is -0.384 e. The van der Waals surface area contributed by atoms with Crippen molar-refractivity contribution in [2.45, 2.75) is 5.82 Å². The predicted octanol–water partition coefficient (Wildman–Crippen LogP) is 4.69. The number of benzene rings is 11. The maximum atomic E-state index is 4.48. The van der Waals surface area contributed by atoms with E-state index in [9.17, 15) is 0 Å². The summed E-state index contributed by atoms with van der Waals surface area (Å²) in [7, 11) is 2.71. The third kappa shape index (κ3) is 3.89.